The van der Waals surface area contributed by atoms with Crippen molar-refractivity contribution in [2.75, 3.05) is 12.3 Å². The minimum Gasteiger partial charge on any atom is -0.492 e. The summed E-state index contributed by atoms with van der Waals surface area (Å²) in [5, 5.41) is 0.605. The lowest BCUT2D eigenvalue weighted by Crippen LogP contribution is -2.04. The lowest BCUT2D eigenvalue weighted by atomic mass is 10.0. The smallest absolute Gasteiger partial charge is 0.123 e. The number of nitrogen functional groups attached to an aromatic ring is 1. The number of nitrogens with two attached hydrogens (primary N) is 1. The number of halogens is 1. The van der Waals surface area contributed by atoms with E-state index in [0.717, 1.165) is 28.2 Å². The summed E-state index contributed by atoms with van der Waals surface area (Å²) in [6.45, 7) is 0.590. The molecule has 20 heavy (non-hydrogen) atoms. The first kappa shape index (κ1) is 11.6. The minimum absolute atomic E-state index is 0.108. The largest absolute Gasteiger partial charge is 0.492 e. The molecule has 0 amide bonds. The number of aromatic amines is 1. The number of hydrogen-bond donors (Lipinski definition) is 2. The summed E-state index contributed by atoms with van der Waals surface area (Å²) in [6.07, 6.45) is 0. The predicted octanol–water partition coefficient (Wildman–Crippen LogP) is 3.32. The summed E-state index contributed by atoms with van der Waals surface area (Å²) >= 11 is 6.02. The molecule has 0 bridgehead atoms. The number of imidazole rings is 1. The molecule has 1 aromatic heterocycles. The Kier molecular flexibility index (Phi) is 2.41. The summed E-state index contributed by atoms with van der Waals surface area (Å²) < 4.78 is 5.70. The van der Waals surface area contributed by atoms with Gasteiger partial charge in [0.1, 0.15) is 23.7 Å². The van der Waals surface area contributed by atoms with E-state index in [1.54, 1.807) is 6.07 Å². The minimum atomic E-state index is 0.108. The van der Waals surface area contributed by atoms with Gasteiger partial charge in [-0.3, -0.25) is 0 Å². The van der Waals surface area contributed by atoms with E-state index in [1.165, 1.54) is 0 Å². The number of hydrogen-bond acceptors (Lipinski definition) is 3. The van der Waals surface area contributed by atoms with E-state index in [4.69, 9.17) is 22.1 Å². The Morgan fingerprint density at radius 2 is 2.15 bits per heavy atom. The molecule has 4 nitrogen and oxygen atoms in total. The number of para-hydroxylation sites is 1. The van der Waals surface area contributed by atoms with Crippen molar-refractivity contribution in [2.45, 2.75) is 5.92 Å². The van der Waals surface area contributed by atoms with Crippen molar-refractivity contribution in [3.05, 3.63) is 52.8 Å². The molecule has 2 aromatic carbocycles. The second-order valence-corrected chi connectivity index (χ2v) is 5.35. The van der Waals surface area contributed by atoms with Crippen LogP contribution in [0.4, 0.5) is 5.69 Å². The topological polar surface area (TPSA) is 63.9 Å². The van der Waals surface area contributed by atoms with Gasteiger partial charge >= 0.3 is 0 Å². The quantitative estimate of drug-likeness (QED) is 0.674. The van der Waals surface area contributed by atoms with Crippen LogP contribution in [0, 0.1) is 0 Å². The highest BCUT2D eigenvalue weighted by molar-refractivity contribution is 6.31. The highest BCUT2D eigenvalue weighted by atomic mass is 35.5. The van der Waals surface area contributed by atoms with E-state index < -0.39 is 0 Å². The van der Waals surface area contributed by atoms with Crippen molar-refractivity contribution >= 4 is 28.3 Å². The Balaban J connectivity index is 1.86. The Bertz CT molecular complexity index is 812. The van der Waals surface area contributed by atoms with Gasteiger partial charge in [0.05, 0.1) is 17.1 Å². The van der Waals surface area contributed by atoms with Crippen molar-refractivity contribution in [2.24, 2.45) is 0 Å². The fourth-order valence-electron chi connectivity index (χ4n) is 2.68. The lowest BCUT2D eigenvalue weighted by molar-refractivity contribution is 0.340. The zero-order chi connectivity index (χ0) is 13.7. The molecule has 4 rings (SSSR count). The Morgan fingerprint density at radius 3 is 3.05 bits per heavy atom. The number of H-pyrrole nitrogens is 1. The molecule has 2 heterocycles. The first-order chi connectivity index (χ1) is 9.72. The number of nitrogens with one attached hydrogen (secondary N) is 1. The molecule has 1 atom stereocenters. The third-order valence-corrected chi connectivity index (χ3v) is 3.85. The van der Waals surface area contributed by atoms with Crippen LogP contribution in [0.5, 0.6) is 5.75 Å². The molecule has 100 valence electrons. The monoisotopic (exact) mass is 285 g/mol. The average Bonchev–Trinajstić information content (AvgIpc) is 3.01. The third-order valence-electron chi connectivity index (χ3n) is 3.63. The van der Waals surface area contributed by atoms with Crippen LogP contribution in [0.1, 0.15) is 17.3 Å². The molecule has 3 aromatic rings. The SMILES string of the molecule is Nc1cc(Cl)cc2[nH]c(C3COc4ccccc43)nc12. The maximum Gasteiger partial charge on any atom is 0.123 e. The van der Waals surface area contributed by atoms with Gasteiger partial charge in [-0.2, -0.15) is 0 Å². The van der Waals surface area contributed by atoms with Crippen molar-refractivity contribution in [3.8, 4) is 5.75 Å². The number of nitrogens with zero attached hydrogens (tertiary/aromatic N) is 1. The van der Waals surface area contributed by atoms with Gasteiger partial charge in [0.2, 0.25) is 0 Å². The third kappa shape index (κ3) is 1.65. The lowest BCUT2D eigenvalue weighted by Gasteiger charge is -2.03. The number of anilines is 1. The Labute approximate surface area is 120 Å². The van der Waals surface area contributed by atoms with Crippen LogP contribution >= 0.6 is 11.6 Å². The van der Waals surface area contributed by atoms with Crippen LogP contribution in [-0.2, 0) is 0 Å². The summed E-state index contributed by atoms with van der Waals surface area (Å²) in [7, 11) is 0. The van der Waals surface area contributed by atoms with Gasteiger partial charge < -0.3 is 15.5 Å². The van der Waals surface area contributed by atoms with E-state index in [1.807, 2.05) is 24.3 Å². The van der Waals surface area contributed by atoms with Crippen LogP contribution in [0.3, 0.4) is 0 Å². The molecule has 0 saturated carbocycles. The molecule has 1 unspecified atom stereocenters. The summed E-state index contributed by atoms with van der Waals surface area (Å²) in [5.74, 6) is 1.89. The van der Waals surface area contributed by atoms with Crippen LogP contribution in [0.25, 0.3) is 11.0 Å². The average molecular weight is 286 g/mol. The zero-order valence-electron chi connectivity index (χ0n) is 10.6. The molecule has 0 radical (unpaired) electrons. The van der Waals surface area contributed by atoms with Gasteiger partial charge in [0.25, 0.3) is 0 Å². The molecule has 0 spiro atoms. The standard InChI is InChI=1S/C15H12ClN3O/c16-8-5-11(17)14-12(6-8)18-15(19-14)10-7-20-13-4-2-1-3-9(10)13/h1-6,10H,7,17H2,(H,18,19). The van der Waals surface area contributed by atoms with Crippen LogP contribution in [0.2, 0.25) is 5.02 Å². The highest BCUT2D eigenvalue weighted by Gasteiger charge is 2.28. The van der Waals surface area contributed by atoms with Crippen LogP contribution < -0.4 is 10.5 Å². The molecular formula is C15H12ClN3O. The van der Waals surface area contributed by atoms with E-state index in [-0.39, 0.29) is 5.92 Å². The highest BCUT2D eigenvalue weighted by Crippen LogP contribution is 2.37. The molecule has 5 heteroatoms. The Hall–Kier alpha value is -2.20. The van der Waals surface area contributed by atoms with Crippen molar-refractivity contribution in [1.82, 2.24) is 9.97 Å². The molecular weight excluding hydrogens is 274 g/mol. The van der Waals surface area contributed by atoms with E-state index >= 15 is 0 Å². The van der Waals surface area contributed by atoms with Gasteiger partial charge in [-0.25, -0.2) is 4.98 Å². The summed E-state index contributed by atoms with van der Waals surface area (Å²) in [5.41, 5.74) is 9.31. The van der Waals surface area contributed by atoms with E-state index in [2.05, 4.69) is 16.0 Å². The number of rotatable bonds is 1. The summed E-state index contributed by atoms with van der Waals surface area (Å²) in [4.78, 5) is 7.92. The predicted molar refractivity (Wildman–Crippen MR) is 79.3 cm³/mol. The normalized spacial score (nSPS) is 17.1. The van der Waals surface area contributed by atoms with Gasteiger partial charge in [-0.15, -0.1) is 0 Å². The van der Waals surface area contributed by atoms with E-state index in [9.17, 15) is 0 Å². The first-order valence-corrected chi connectivity index (χ1v) is 6.76. The molecule has 0 fully saturated rings. The second-order valence-electron chi connectivity index (χ2n) is 4.91. The maximum atomic E-state index is 6.02. The number of aromatic nitrogens is 2. The van der Waals surface area contributed by atoms with Crippen LogP contribution in [0.15, 0.2) is 36.4 Å². The molecule has 1 aliphatic heterocycles. The zero-order valence-corrected chi connectivity index (χ0v) is 11.3. The van der Waals surface area contributed by atoms with Crippen molar-refractivity contribution in [1.29, 1.82) is 0 Å². The molecule has 0 aliphatic carbocycles. The fraction of sp³-hybridized carbons (Fsp3) is 0.133. The summed E-state index contributed by atoms with van der Waals surface area (Å²) in [6, 6.07) is 11.6. The van der Waals surface area contributed by atoms with Gasteiger partial charge in [-0.05, 0) is 18.2 Å². The van der Waals surface area contributed by atoms with Gasteiger partial charge in [0.15, 0.2) is 0 Å². The maximum absolute atomic E-state index is 6.02. The molecule has 0 saturated heterocycles. The number of fused-ring (bicyclic) bond motifs is 2. The number of ether oxygens (including phenoxy) is 1. The first-order valence-electron chi connectivity index (χ1n) is 6.39. The fourth-order valence-corrected chi connectivity index (χ4v) is 2.91. The van der Waals surface area contributed by atoms with E-state index in [0.29, 0.717) is 17.3 Å². The van der Waals surface area contributed by atoms with Crippen LogP contribution in [-0.4, -0.2) is 16.6 Å². The van der Waals surface area contributed by atoms with Crippen molar-refractivity contribution in [3.63, 3.8) is 0 Å². The molecule has 1 aliphatic rings. The van der Waals surface area contributed by atoms with Gasteiger partial charge in [0, 0.05) is 10.6 Å². The number of benzene rings is 2. The van der Waals surface area contributed by atoms with Crippen molar-refractivity contribution < 1.29 is 4.74 Å². The van der Waals surface area contributed by atoms with Gasteiger partial charge in [-0.1, -0.05) is 29.8 Å². The Morgan fingerprint density at radius 1 is 1.30 bits per heavy atom. The second kappa shape index (κ2) is 4.15. The molecule has 3 N–H and O–H groups in total.